The molecule has 48 heavy (non-hydrogen) atoms. The SMILES string of the molecule is CC(C)c1cccc(C(C)C)c1-n1c(-c2cc(-c3ccc(C4CCCCC4)cc3)c3cc(-c4ccccc4)oc3c2)nc2ccccc21. The standard InChI is InChI=1S/C45H44N2O/c1-29(2)36-18-13-19-37(30(3)4)44(36)47-41-21-12-11-20-40(41)46-45(47)35-26-38(33-24-22-32(23-25-33)31-14-7-5-8-15-31)39-28-42(48-43(39)27-35)34-16-9-6-10-17-34/h6,9-13,16-31H,5,7-8,14-15H2,1-4H3. The number of hydrogen-bond acceptors (Lipinski definition) is 2. The molecule has 0 N–H and O–H groups in total. The van der Waals surface area contributed by atoms with Crippen LogP contribution in [0.1, 0.15) is 94.2 Å². The maximum Gasteiger partial charge on any atom is 0.145 e. The van der Waals surface area contributed by atoms with Gasteiger partial charge in [-0.1, -0.05) is 132 Å². The first-order valence-corrected chi connectivity index (χ1v) is 17.8. The van der Waals surface area contributed by atoms with Crippen LogP contribution in [0.25, 0.3) is 61.5 Å². The van der Waals surface area contributed by atoms with Crippen LogP contribution >= 0.6 is 0 Å². The van der Waals surface area contributed by atoms with Crippen LogP contribution in [0.5, 0.6) is 0 Å². The second-order valence-corrected chi connectivity index (χ2v) is 14.2. The Morgan fingerprint density at radius 2 is 1.33 bits per heavy atom. The molecule has 0 amide bonds. The van der Waals surface area contributed by atoms with Gasteiger partial charge in [0, 0.05) is 16.5 Å². The van der Waals surface area contributed by atoms with Crippen molar-refractivity contribution in [3.8, 4) is 39.5 Å². The molecule has 0 aliphatic heterocycles. The van der Waals surface area contributed by atoms with E-state index in [1.807, 2.05) is 0 Å². The summed E-state index contributed by atoms with van der Waals surface area (Å²) in [4.78, 5) is 5.36. The number of fused-ring (bicyclic) bond motifs is 2. The molecule has 240 valence electrons. The molecule has 0 atom stereocenters. The predicted octanol–water partition coefficient (Wildman–Crippen LogP) is 13.1. The third-order valence-electron chi connectivity index (χ3n) is 10.4. The molecule has 2 aromatic heterocycles. The summed E-state index contributed by atoms with van der Waals surface area (Å²) in [6, 6.07) is 41.9. The van der Waals surface area contributed by atoms with Crippen molar-refractivity contribution in [2.24, 2.45) is 0 Å². The highest BCUT2D eigenvalue weighted by Gasteiger charge is 2.24. The van der Waals surface area contributed by atoms with Gasteiger partial charge < -0.3 is 4.42 Å². The number of hydrogen-bond donors (Lipinski definition) is 0. The third kappa shape index (κ3) is 5.46. The smallest absolute Gasteiger partial charge is 0.145 e. The van der Waals surface area contributed by atoms with Gasteiger partial charge in [-0.15, -0.1) is 0 Å². The summed E-state index contributed by atoms with van der Waals surface area (Å²) in [5, 5.41) is 1.12. The second kappa shape index (κ2) is 12.6. The van der Waals surface area contributed by atoms with Crippen molar-refractivity contribution in [1.82, 2.24) is 9.55 Å². The second-order valence-electron chi connectivity index (χ2n) is 14.2. The van der Waals surface area contributed by atoms with Gasteiger partial charge in [0.15, 0.2) is 0 Å². The molecule has 1 saturated carbocycles. The summed E-state index contributed by atoms with van der Waals surface area (Å²) >= 11 is 0. The Hall–Kier alpha value is -4.89. The summed E-state index contributed by atoms with van der Waals surface area (Å²) in [5.74, 6) is 3.20. The van der Waals surface area contributed by atoms with Gasteiger partial charge in [0.05, 0.1) is 16.7 Å². The van der Waals surface area contributed by atoms with Gasteiger partial charge in [0.2, 0.25) is 0 Å². The van der Waals surface area contributed by atoms with Gasteiger partial charge in [-0.3, -0.25) is 4.57 Å². The van der Waals surface area contributed by atoms with Crippen LogP contribution in [0.15, 0.2) is 120 Å². The lowest BCUT2D eigenvalue weighted by atomic mass is 9.83. The van der Waals surface area contributed by atoms with E-state index in [4.69, 9.17) is 9.40 Å². The number of furan rings is 1. The highest BCUT2D eigenvalue weighted by atomic mass is 16.3. The van der Waals surface area contributed by atoms with Crippen molar-refractivity contribution in [2.75, 3.05) is 0 Å². The highest BCUT2D eigenvalue weighted by Crippen LogP contribution is 2.42. The lowest BCUT2D eigenvalue weighted by molar-refractivity contribution is 0.443. The topological polar surface area (TPSA) is 31.0 Å². The molecule has 0 bridgehead atoms. The minimum atomic E-state index is 0.354. The van der Waals surface area contributed by atoms with E-state index in [1.165, 1.54) is 65.6 Å². The summed E-state index contributed by atoms with van der Waals surface area (Å²) in [6.07, 6.45) is 6.65. The van der Waals surface area contributed by atoms with E-state index in [0.29, 0.717) is 17.8 Å². The van der Waals surface area contributed by atoms with E-state index >= 15 is 0 Å². The number of rotatable bonds is 7. The van der Waals surface area contributed by atoms with Crippen molar-refractivity contribution in [2.45, 2.75) is 77.6 Å². The number of imidazole rings is 1. The monoisotopic (exact) mass is 628 g/mol. The largest absolute Gasteiger partial charge is 0.456 e. The molecular weight excluding hydrogens is 585 g/mol. The number of benzene rings is 5. The molecule has 0 radical (unpaired) electrons. The van der Waals surface area contributed by atoms with Gasteiger partial charge in [-0.2, -0.15) is 0 Å². The van der Waals surface area contributed by atoms with E-state index in [9.17, 15) is 0 Å². The zero-order chi connectivity index (χ0) is 32.8. The summed E-state index contributed by atoms with van der Waals surface area (Å²) in [7, 11) is 0. The van der Waals surface area contributed by atoms with Gasteiger partial charge in [0.1, 0.15) is 17.2 Å². The number of aromatic nitrogens is 2. The molecule has 1 aliphatic carbocycles. The molecule has 1 fully saturated rings. The molecule has 8 rings (SSSR count). The first kappa shape index (κ1) is 30.4. The molecule has 3 heteroatoms. The van der Waals surface area contributed by atoms with E-state index in [2.05, 4.69) is 148 Å². The first-order valence-electron chi connectivity index (χ1n) is 17.8. The average Bonchev–Trinajstić information content (AvgIpc) is 3.74. The van der Waals surface area contributed by atoms with Crippen molar-refractivity contribution in [1.29, 1.82) is 0 Å². The number of nitrogens with zero attached hydrogens (tertiary/aromatic N) is 2. The lowest BCUT2D eigenvalue weighted by Gasteiger charge is -2.23. The van der Waals surface area contributed by atoms with E-state index in [-0.39, 0.29) is 0 Å². The van der Waals surface area contributed by atoms with Crippen LogP contribution in [0.3, 0.4) is 0 Å². The van der Waals surface area contributed by atoms with Crippen LogP contribution in [0, 0.1) is 0 Å². The summed E-state index contributed by atoms with van der Waals surface area (Å²) < 4.78 is 9.12. The van der Waals surface area contributed by atoms with Gasteiger partial charge in [-0.25, -0.2) is 4.98 Å². The zero-order valence-corrected chi connectivity index (χ0v) is 28.5. The number of para-hydroxylation sites is 3. The van der Waals surface area contributed by atoms with Crippen molar-refractivity contribution < 1.29 is 4.42 Å². The minimum absolute atomic E-state index is 0.354. The lowest BCUT2D eigenvalue weighted by Crippen LogP contribution is -2.08. The molecule has 0 unspecified atom stereocenters. The zero-order valence-electron chi connectivity index (χ0n) is 28.5. The highest BCUT2D eigenvalue weighted by molar-refractivity contribution is 6.00. The molecule has 2 heterocycles. The Bertz CT molecular complexity index is 2180. The van der Waals surface area contributed by atoms with Crippen molar-refractivity contribution in [3.63, 3.8) is 0 Å². The molecule has 0 spiro atoms. The van der Waals surface area contributed by atoms with Gasteiger partial charge in [-0.05, 0) is 88.7 Å². The molecule has 5 aromatic carbocycles. The Labute approximate surface area is 284 Å². The summed E-state index contributed by atoms with van der Waals surface area (Å²) in [6.45, 7) is 9.15. The molecule has 1 aliphatic rings. The summed E-state index contributed by atoms with van der Waals surface area (Å²) in [5.41, 5.74) is 12.8. The molecule has 7 aromatic rings. The Morgan fingerprint density at radius 1 is 0.646 bits per heavy atom. The fourth-order valence-electron chi connectivity index (χ4n) is 7.84. The predicted molar refractivity (Wildman–Crippen MR) is 201 cm³/mol. The van der Waals surface area contributed by atoms with Crippen LogP contribution in [0.4, 0.5) is 0 Å². The normalized spacial score (nSPS) is 14.1. The minimum Gasteiger partial charge on any atom is -0.456 e. The van der Waals surface area contributed by atoms with E-state index in [0.717, 1.165) is 44.7 Å². The Balaban J connectivity index is 1.38. The van der Waals surface area contributed by atoms with Crippen LogP contribution in [-0.2, 0) is 0 Å². The third-order valence-corrected chi connectivity index (χ3v) is 10.4. The maximum absolute atomic E-state index is 6.70. The quantitative estimate of drug-likeness (QED) is 0.176. The fourth-order valence-corrected chi connectivity index (χ4v) is 7.84. The Morgan fingerprint density at radius 3 is 2.04 bits per heavy atom. The van der Waals surface area contributed by atoms with Crippen molar-refractivity contribution >= 4 is 22.0 Å². The maximum atomic E-state index is 6.70. The molecule has 3 nitrogen and oxygen atoms in total. The van der Waals surface area contributed by atoms with Gasteiger partial charge >= 0.3 is 0 Å². The van der Waals surface area contributed by atoms with Crippen LogP contribution in [0.2, 0.25) is 0 Å². The van der Waals surface area contributed by atoms with Crippen LogP contribution < -0.4 is 0 Å². The van der Waals surface area contributed by atoms with E-state index < -0.39 is 0 Å². The first-order chi connectivity index (χ1) is 23.5. The fraction of sp³-hybridized carbons (Fsp3) is 0.267. The Kier molecular flexibility index (Phi) is 8.00. The average molecular weight is 629 g/mol. The van der Waals surface area contributed by atoms with Gasteiger partial charge in [0.25, 0.3) is 0 Å². The van der Waals surface area contributed by atoms with Crippen molar-refractivity contribution in [3.05, 3.63) is 132 Å². The molecular formula is C45H44N2O. The van der Waals surface area contributed by atoms with Crippen LogP contribution in [-0.4, -0.2) is 9.55 Å². The molecule has 0 saturated heterocycles. The van der Waals surface area contributed by atoms with E-state index in [1.54, 1.807) is 0 Å².